The molecule has 1 aliphatic heterocycles. The topological polar surface area (TPSA) is 44.7 Å². The van der Waals surface area contributed by atoms with E-state index in [-0.39, 0.29) is 0 Å². The molecule has 4 heteroatoms. The van der Waals surface area contributed by atoms with Gasteiger partial charge in [-0.2, -0.15) is 0 Å². The van der Waals surface area contributed by atoms with Crippen LogP contribution in [0.2, 0.25) is 0 Å². The summed E-state index contributed by atoms with van der Waals surface area (Å²) in [5.41, 5.74) is 1.23. The van der Waals surface area contributed by atoms with Gasteiger partial charge in [0, 0.05) is 32.7 Å². The molecule has 118 valence electrons. The van der Waals surface area contributed by atoms with Gasteiger partial charge >= 0.3 is 0 Å². The molecule has 0 amide bonds. The van der Waals surface area contributed by atoms with Gasteiger partial charge in [0.25, 0.3) is 0 Å². The van der Waals surface area contributed by atoms with Crippen molar-refractivity contribution in [3.05, 3.63) is 29.8 Å². The van der Waals surface area contributed by atoms with Crippen LogP contribution < -0.4 is 10.1 Å². The molecule has 2 N–H and O–H groups in total. The fourth-order valence-corrected chi connectivity index (χ4v) is 2.67. The maximum absolute atomic E-state index is 10.2. The number of nitrogens with zero attached hydrogens (tertiary/aromatic N) is 1. The number of aliphatic hydroxyl groups excluding tert-OH is 1. The minimum absolute atomic E-state index is 0.359. The average molecular weight is 292 g/mol. The number of hydrogen-bond acceptors (Lipinski definition) is 4. The highest BCUT2D eigenvalue weighted by Crippen LogP contribution is 2.28. The van der Waals surface area contributed by atoms with E-state index in [1.54, 1.807) is 0 Å². The maximum atomic E-state index is 10.2. The van der Waals surface area contributed by atoms with Gasteiger partial charge in [-0.25, -0.2) is 0 Å². The van der Waals surface area contributed by atoms with Crippen molar-refractivity contribution in [2.75, 3.05) is 39.3 Å². The average Bonchev–Trinajstić information content (AvgIpc) is 2.53. The van der Waals surface area contributed by atoms with Crippen molar-refractivity contribution in [2.45, 2.75) is 32.3 Å². The summed E-state index contributed by atoms with van der Waals surface area (Å²) >= 11 is 0. The molecule has 1 aromatic carbocycles. The Labute approximate surface area is 128 Å². The van der Waals surface area contributed by atoms with Gasteiger partial charge in [-0.3, -0.25) is 4.90 Å². The van der Waals surface area contributed by atoms with E-state index in [4.69, 9.17) is 4.74 Å². The third-order valence-corrected chi connectivity index (χ3v) is 4.17. The molecule has 2 rings (SSSR count). The Bertz CT molecular complexity index is 419. The fourth-order valence-electron chi connectivity index (χ4n) is 2.67. The summed E-state index contributed by atoms with van der Waals surface area (Å²) in [4.78, 5) is 2.28. The van der Waals surface area contributed by atoms with Crippen LogP contribution in [0.15, 0.2) is 24.3 Å². The van der Waals surface area contributed by atoms with E-state index < -0.39 is 6.10 Å². The van der Waals surface area contributed by atoms with E-state index >= 15 is 0 Å². The maximum Gasteiger partial charge on any atom is 0.122 e. The predicted octanol–water partition coefficient (Wildman–Crippen LogP) is 1.84. The molecule has 1 aliphatic rings. The van der Waals surface area contributed by atoms with Crippen molar-refractivity contribution in [1.82, 2.24) is 10.2 Å². The second-order valence-corrected chi connectivity index (χ2v) is 5.86. The van der Waals surface area contributed by atoms with Gasteiger partial charge in [0.15, 0.2) is 0 Å². The first kappa shape index (κ1) is 16.3. The molecular formula is C17H28N2O2. The summed E-state index contributed by atoms with van der Waals surface area (Å²) in [6.45, 7) is 9.44. The smallest absolute Gasteiger partial charge is 0.122 e. The van der Waals surface area contributed by atoms with Crippen LogP contribution in [-0.4, -0.2) is 55.4 Å². The van der Waals surface area contributed by atoms with E-state index in [0.29, 0.717) is 19.1 Å². The standard InChI is InChI=1S/C17H28N2O2/c1-3-14(2)16-6-4-5-7-17(16)21-13-15(20)12-19-10-8-18-9-11-19/h4-7,14-15,18,20H,3,8-13H2,1-2H3. The molecule has 4 nitrogen and oxygen atoms in total. The first-order valence-electron chi connectivity index (χ1n) is 8.03. The Morgan fingerprint density at radius 2 is 2.00 bits per heavy atom. The van der Waals surface area contributed by atoms with Crippen LogP contribution in [0.3, 0.4) is 0 Å². The summed E-state index contributed by atoms with van der Waals surface area (Å²) in [5.74, 6) is 1.39. The lowest BCUT2D eigenvalue weighted by molar-refractivity contribution is 0.0637. The zero-order valence-electron chi connectivity index (χ0n) is 13.2. The predicted molar refractivity (Wildman–Crippen MR) is 86.0 cm³/mol. The fraction of sp³-hybridized carbons (Fsp3) is 0.647. The van der Waals surface area contributed by atoms with E-state index in [1.807, 2.05) is 18.2 Å². The third-order valence-electron chi connectivity index (χ3n) is 4.17. The number of nitrogens with one attached hydrogen (secondary N) is 1. The van der Waals surface area contributed by atoms with Gasteiger partial charge in [0.1, 0.15) is 18.5 Å². The lowest BCUT2D eigenvalue weighted by Gasteiger charge is -2.29. The van der Waals surface area contributed by atoms with Crippen LogP contribution in [0.25, 0.3) is 0 Å². The van der Waals surface area contributed by atoms with Crippen molar-refractivity contribution >= 4 is 0 Å². The van der Waals surface area contributed by atoms with Gasteiger partial charge < -0.3 is 15.2 Å². The zero-order valence-corrected chi connectivity index (χ0v) is 13.2. The van der Waals surface area contributed by atoms with Crippen molar-refractivity contribution < 1.29 is 9.84 Å². The van der Waals surface area contributed by atoms with Gasteiger partial charge in [-0.15, -0.1) is 0 Å². The molecule has 0 saturated carbocycles. The van der Waals surface area contributed by atoms with E-state index in [2.05, 4.69) is 30.1 Å². The van der Waals surface area contributed by atoms with Crippen LogP contribution in [0.4, 0.5) is 0 Å². The Morgan fingerprint density at radius 3 is 2.71 bits per heavy atom. The monoisotopic (exact) mass is 292 g/mol. The van der Waals surface area contributed by atoms with E-state index in [1.165, 1.54) is 5.56 Å². The Kier molecular flexibility index (Phi) is 6.49. The minimum atomic E-state index is -0.437. The van der Waals surface area contributed by atoms with Crippen molar-refractivity contribution in [1.29, 1.82) is 0 Å². The van der Waals surface area contributed by atoms with Gasteiger partial charge in [-0.1, -0.05) is 32.0 Å². The number of benzene rings is 1. The van der Waals surface area contributed by atoms with Gasteiger partial charge in [0.05, 0.1) is 0 Å². The Balaban J connectivity index is 1.84. The van der Waals surface area contributed by atoms with Crippen LogP contribution in [-0.2, 0) is 0 Å². The van der Waals surface area contributed by atoms with Crippen LogP contribution in [0.1, 0.15) is 31.7 Å². The number of ether oxygens (including phenoxy) is 1. The molecule has 1 heterocycles. The summed E-state index contributed by atoms with van der Waals surface area (Å²) in [6.07, 6.45) is 0.650. The Morgan fingerprint density at radius 1 is 1.29 bits per heavy atom. The summed E-state index contributed by atoms with van der Waals surface area (Å²) in [6, 6.07) is 8.15. The van der Waals surface area contributed by atoms with Crippen LogP contribution in [0.5, 0.6) is 5.75 Å². The Hall–Kier alpha value is -1.10. The quantitative estimate of drug-likeness (QED) is 0.805. The second kappa shape index (κ2) is 8.37. The summed E-state index contributed by atoms with van der Waals surface area (Å²) in [7, 11) is 0. The highest BCUT2D eigenvalue weighted by molar-refractivity contribution is 5.35. The first-order chi connectivity index (χ1) is 10.2. The molecule has 1 saturated heterocycles. The van der Waals surface area contributed by atoms with Crippen molar-refractivity contribution in [3.8, 4) is 5.75 Å². The highest BCUT2D eigenvalue weighted by atomic mass is 16.5. The molecule has 0 aromatic heterocycles. The second-order valence-electron chi connectivity index (χ2n) is 5.86. The molecule has 21 heavy (non-hydrogen) atoms. The summed E-state index contributed by atoms with van der Waals surface area (Å²) < 4.78 is 5.87. The van der Waals surface area contributed by atoms with E-state index in [9.17, 15) is 5.11 Å². The largest absolute Gasteiger partial charge is 0.491 e. The number of piperazine rings is 1. The molecular weight excluding hydrogens is 264 g/mol. The normalized spacial score (nSPS) is 19.2. The van der Waals surface area contributed by atoms with Gasteiger partial charge in [0.2, 0.25) is 0 Å². The molecule has 1 aromatic rings. The molecule has 2 unspecified atom stereocenters. The molecule has 2 atom stereocenters. The minimum Gasteiger partial charge on any atom is -0.491 e. The number of hydrogen-bond donors (Lipinski definition) is 2. The molecule has 0 spiro atoms. The summed E-state index contributed by atoms with van der Waals surface area (Å²) in [5, 5.41) is 13.5. The lowest BCUT2D eigenvalue weighted by Crippen LogP contribution is -2.47. The number of para-hydroxylation sites is 1. The molecule has 0 aliphatic carbocycles. The van der Waals surface area contributed by atoms with Crippen molar-refractivity contribution in [2.24, 2.45) is 0 Å². The lowest BCUT2D eigenvalue weighted by atomic mass is 9.98. The first-order valence-corrected chi connectivity index (χ1v) is 8.03. The SMILES string of the molecule is CCC(C)c1ccccc1OCC(O)CN1CCNCC1. The van der Waals surface area contributed by atoms with Crippen molar-refractivity contribution in [3.63, 3.8) is 0 Å². The molecule has 0 radical (unpaired) electrons. The number of β-amino-alcohol motifs (C(OH)–C–C–N with tert-alkyl or cyclic N) is 1. The number of aliphatic hydroxyl groups is 1. The van der Waals surface area contributed by atoms with E-state index in [0.717, 1.165) is 38.3 Å². The molecule has 0 bridgehead atoms. The van der Waals surface area contributed by atoms with Crippen LogP contribution in [0, 0.1) is 0 Å². The van der Waals surface area contributed by atoms with Crippen LogP contribution >= 0.6 is 0 Å². The third kappa shape index (κ3) is 4.99. The number of rotatable bonds is 7. The zero-order chi connectivity index (χ0) is 15.1. The highest BCUT2D eigenvalue weighted by Gasteiger charge is 2.16. The molecule has 1 fully saturated rings. The van der Waals surface area contributed by atoms with Gasteiger partial charge in [-0.05, 0) is 24.0 Å².